The Morgan fingerprint density at radius 3 is 2.74 bits per heavy atom. The lowest BCUT2D eigenvalue weighted by Crippen LogP contribution is -2.23. The van der Waals surface area contributed by atoms with E-state index in [9.17, 15) is 9.90 Å². The fourth-order valence-corrected chi connectivity index (χ4v) is 1.79. The minimum atomic E-state index is -0.426. The Bertz CT molecular complexity index is 527. The smallest absolute Gasteiger partial charge is 0.271 e. The van der Waals surface area contributed by atoms with Crippen molar-refractivity contribution in [2.75, 3.05) is 6.61 Å². The summed E-state index contributed by atoms with van der Waals surface area (Å²) in [5.41, 5.74) is 0.172. The quantitative estimate of drug-likeness (QED) is 0.797. The Balaban J connectivity index is 2.69. The molecule has 1 heterocycles. The molecular weight excluding hydrogens is 244 g/mol. The van der Waals surface area contributed by atoms with Crippen molar-refractivity contribution < 1.29 is 9.84 Å². The van der Waals surface area contributed by atoms with Gasteiger partial charge >= 0.3 is 0 Å². The summed E-state index contributed by atoms with van der Waals surface area (Å²) in [7, 11) is 0. The number of aromatic nitrogens is 1. The predicted octanol–water partition coefficient (Wildman–Crippen LogP) is 1.94. The Morgan fingerprint density at radius 1 is 1.47 bits per heavy atom. The van der Waals surface area contributed by atoms with E-state index in [0.717, 1.165) is 6.42 Å². The lowest BCUT2D eigenvalue weighted by molar-refractivity contribution is 0.0753. The summed E-state index contributed by atoms with van der Waals surface area (Å²) < 4.78 is 6.64. The van der Waals surface area contributed by atoms with E-state index in [1.807, 2.05) is 19.9 Å². The normalized spacial score (nSPS) is 10.7. The van der Waals surface area contributed by atoms with E-state index in [-0.39, 0.29) is 17.5 Å². The van der Waals surface area contributed by atoms with Gasteiger partial charge in [0.25, 0.3) is 5.56 Å². The van der Waals surface area contributed by atoms with Crippen LogP contribution >= 0.6 is 0 Å². The molecule has 19 heavy (non-hydrogen) atoms. The topological polar surface area (TPSA) is 75.2 Å². The molecule has 0 fully saturated rings. The Hall–Kier alpha value is -1.80. The average molecular weight is 264 g/mol. The highest BCUT2D eigenvalue weighted by molar-refractivity contribution is 5.37. The van der Waals surface area contributed by atoms with Crippen molar-refractivity contribution in [1.29, 1.82) is 5.26 Å². The van der Waals surface area contributed by atoms with Crippen molar-refractivity contribution in [3.05, 3.63) is 27.5 Å². The van der Waals surface area contributed by atoms with E-state index < -0.39 is 5.56 Å². The molecule has 0 saturated carbocycles. The predicted molar refractivity (Wildman–Crippen MR) is 72.1 cm³/mol. The van der Waals surface area contributed by atoms with Crippen molar-refractivity contribution in [3.63, 3.8) is 0 Å². The molecule has 0 atom stereocenters. The summed E-state index contributed by atoms with van der Waals surface area (Å²) in [6.07, 6.45) is 1.72. The SMILES string of the molecule is Cc1cc(O)n(CCCCOC(C)C)c(=O)c1C#N. The van der Waals surface area contributed by atoms with E-state index in [0.29, 0.717) is 25.1 Å². The Labute approximate surface area is 113 Å². The fourth-order valence-electron chi connectivity index (χ4n) is 1.79. The molecule has 104 valence electrons. The van der Waals surface area contributed by atoms with Crippen LogP contribution < -0.4 is 5.56 Å². The molecule has 1 rings (SSSR count). The van der Waals surface area contributed by atoms with Crippen LogP contribution in [0.5, 0.6) is 5.88 Å². The summed E-state index contributed by atoms with van der Waals surface area (Å²) >= 11 is 0. The molecule has 0 aliphatic rings. The standard InChI is InChI=1S/C14H20N2O3/c1-10(2)19-7-5-4-6-16-13(17)8-11(3)12(9-15)14(16)18/h8,10,17H,4-7H2,1-3H3. The lowest BCUT2D eigenvalue weighted by atomic mass is 10.1. The number of hydrogen-bond acceptors (Lipinski definition) is 4. The van der Waals surface area contributed by atoms with Crippen LogP contribution in [0.25, 0.3) is 0 Å². The minimum absolute atomic E-state index is 0.0914. The first-order valence-corrected chi connectivity index (χ1v) is 6.42. The molecule has 0 aliphatic carbocycles. The molecule has 0 aliphatic heterocycles. The highest BCUT2D eigenvalue weighted by Gasteiger charge is 2.11. The third-order valence-corrected chi connectivity index (χ3v) is 2.81. The van der Waals surface area contributed by atoms with Crippen LogP contribution in [0.2, 0.25) is 0 Å². The first-order valence-electron chi connectivity index (χ1n) is 6.42. The number of nitriles is 1. The molecule has 0 aromatic carbocycles. The second kappa shape index (κ2) is 6.95. The maximum absolute atomic E-state index is 12.0. The molecule has 0 unspecified atom stereocenters. The van der Waals surface area contributed by atoms with Crippen molar-refractivity contribution >= 4 is 0 Å². The molecule has 0 spiro atoms. The molecule has 0 saturated heterocycles. The average Bonchev–Trinajstić information content (AvgIpc) is 2.32. The van der Waals surface area contributed by atoms with E-state index in [1.54, 1.807) is 6.92 Å². The van der Waals surface area contributed by atoms with Gasteiger partial charge in [-0.3, -0.25) is 9.36 Å². The molecular formula is C14H20N2O3. The van der Waals surface area contributed by atoms with Crippen LogP contribution in [0.4, 0.5) is 0 Å². The first-order chi connectivity index (χ1) is 8.97. The van der Waals surface area contributed by atoms with E-state index in [2.05, 4.69) is 0 Å². The van der Waals surface area contributed by atoms with Gasteiger partial charge in [-0.1, -0.05) is 0 Å². The number of ether oxygens (including phenoxy) is 1. The number of aryl methyl sites for hydroxylation is 1. The number of pyridine rings is 1. The van der Waals surface area contributed by atoms with Gasteiger partial charge in [-0.2, -0.15) is 5.26 Å². The van der Waals surface area contributed by atoms with Gasteiger partial charge in [0.1, 0.15) is 11.6 Å². The molecule has 0 radical (unpaired) electrons. The van der Waals surface area contributed by atoms with Crippen LogP contribution in [-0.4, -0.2) is 22.4 Å². The zero-order chi connectivity index (χ0) is 14.4. The zero-order valence-corrected chi connectivity index (χ0v) is 11.6. The second-order valence-corrected chi connectivity index (χ2v) is 4.76. The molecule has 5 heteroatoms. The summed E-state index contributed by atoms with van der Waals surface area (Å²) in [5, 5.41) is 18.7. The van der Waals surface area contributed by atoms with Gasteiger partial charge in [-0.15, -0.1) is 0 Å². The van der Waals surface area contributed by atoms with Gasteiger partial charge in [-0.05, 0) is 39.2 Å². The van der Waals surface area contributed by atoms with Crippen molar-refractivity contribution in [1.82, 2.24) is 4.57 Å². The van der Waals surface area contributed by atoms with Gasteiger partial charge in [0, 0.05) is 19.2 Å². The van der Waals surface area contributed by atoms with Gasteiger partial charge in [0.05, 0.1) is 6.10 Å². The highest BCUT2D eigenvalue weighted by Crippen LogP contribution is 2.12. The lowest BCUT2D eigenvalue weighted by Gasteiger charge is -2.11. The first kappa shape index (κ1) is 15.3. The molecule has 1 N–H and O–H groups in total. The minimum Gasteiger partial charge on any atom is -0.494 e. The molecule has 1 aromatic rings. The van der Waals surface area contributed by atoms with E-state index >= 15 is 0 Å². The molecule has 1 aromatic heterocycles. The summed E-state index contributed by atoms with van der Waals surface area (Å²) in [5.74, 6) is -0.0914. The van der Waals surface area contributed by atoms with E-state index in [1.165, 1.54) is 10.6 Å². The molecule has 5 nitrogen and oxygen atoms in total. The summed E-state index contributed by atoms with van der Waals surface area (Å²) in [6.45, 7) is 6.59. The Morgan fingerprint density at radius 2 is 2.16 bits per heavy atom. The Kier molecular flexibility index (Phi) is 5.58. The number of rotatable bonds is 6. The van der Waals surface area contributed by atoms with Crippen molar-refractivity contribution in [3.8, 4) is 11.9 Å². The second-order valence-electron chi connectivity index (χ2n) is 4.76. The van der Waals surface area contributed by atoms with Crippen molar-refractivity contribution in [2.24, 2.45) is 0 Å². The van der Waals surface area contributed by atoms with Gasteiger partial charge < -0.3 is 9.84 Å². The third-order valence-electron chi connectivity index (χ3n) is 2.81. The van der Waals surface area contributed by atoms with Crippen LogP contribution in [0.3, 0.4) is 0 Å². The molecule has 0 amide bonds. The van der Waals surface area contributed by atoms with Crippen LogP contribution in [0, 0.1) is 18.3 Å². The van der Waals surface area contributed by atoms with Crippen LogP contribution in [-0.2, 0) is 11.3 Å². The third kappa shape index (κ3) is 4.11. The summed E-state index contributed by atoms with van der Waals surface area (Å²) in [4.78, 5) is 12.0. The number of aromatic hydroxyl groups is 1. The number of hydrogen-bond donors (Lipinski definition) is 1. The van der Waals surface area contributed by atoms with Gasteiger partial charge in [-0.25, -0.2) is 0 Å². The van der Waals surface area contributed by atoms with E-state index in [4.69, 9.17) is 10.00 Å². The maximum atomic E-state index is 12.0. The highest BCUT2D eigenvalue weighted by atomic mass is 16.5. The summed E-state index contributed by atoms with van der Waals surface area (Å²) in [6, 6.07) is 3.33. The maximum Gasteiger partial charge on any atom is 0.271 e. The monoisotopic (exact) mass is 264 g/mol. The molecule has 0 bridgehead atoms. The largest absolute Gasteiger partial charge is 0.494 e. The van der Waals surface area contributed by atoms with Gasteiger partial charge in [0.15, 0.2) is 5.88 Å². The van der Waals surface area contributed by atoms with Crippen LogP contribution in [0.15, 0.2) is 10.9 Å². The fraction of sp³-hybridized carbons (Fsp3) is 0.571. The number of nitrogens with zero attached hydrogens (tertiary/aromatic N) is 2. The number of unbranched alkanes of at least 4 members (excludes halogenated alkanes) is 1. The van der Waals surface area contributed by atoms with Crippen molar-refractivity contribution in [2.45, 2.75) is 46.3 Å². The van der Waals surface area contributed by atoms with Gasteiger partial charge in [0.2, 0.25) is 0 Å². The van der Waals surface area contributed by atoms with Crippen LogP contribution in [0.1, 0.15) is 37.8 Å². The zero-order valence-electron chi connectivity index (χ0n) is 11.6.